The molecule has 0 aliphatic heterocycles. The second-order valence-electron chi connectivity index (χ2n) is 4.72. The van der Waals surface area contributed by atoms with E-state index in [9.17, 15) is 14.4 Å². The van der Waals surface area contributed by atoms with Crippen molar-refractivity contribution in [2.24, 2.45) is 0 Å². The lowest BCUT2D eigenvalue weighted by molar-refractivity contribution is 0.203. The minimum atomic E-state index is -1.29. The summed E-state index contributed by atoms with van der Waals surface area (Å²) in [6, 6.07) is 2.74. The first-order chi connectivity index (χ1) is 10.9. The van der Waals surface area contributed by atoms with E-state index in [1.54, 1.807) is 6.07 Å². The lowest BCUT2D eigenvalue weighted by Gasteiger charge is -2.15. The predicted octanol–water partition coefficient (Wildman–Crippen LogP) is 4.15. The summed E-state index contributed by atoms with van der Waals surface area (Å²) in [6.45, 7) is 0. The standard InChI is InChI=1S/C14H7Cl2FN4O2/c1-21(14(22)23)8-2-7(17)5(3-18)9-10-11(16)6(15)4-19-13(10)20-12(8)9/h2,4H,1H3,(H,19,20)(H,22,23). The molecule has 0 fully saturated rings. The number of aromatic nitrogens is 2. The molecule has 0 saturated carbocycles. The minimum absolute atomic E-state index is 0.0363. The van der Waals surface area contributed by atoms with Crippen molar-refractivity contribution in [3.8, 4) is 6.07 Å². The Bertz CT molecular complexity index is 1030. The molecule has 0 spiro atoms. The molecule has 0 aliphatic rings. The average molecular weight is 353 g/mol. The summed E-state index contributed by atoms with van der Waals surface area (Å²) in [6.07, 6.45) is 0.0241. The summed E-state index contributed by atoms with van der Waals surface area (Å²) in [5.41, 5.74) is 0.282. The predicted molar refractivity (Wildman–Crippen MR) is 84.7 cm³/mol. The maximum absolute atomic E-state index is 14.3. The zero-order valence-electron chi connectivity index (χ0n) is 11.5. The number of nitriles is 1. The third-order valence-corrected chi connectivity index (χ3v) is 4.26. The van der Waals surface area contributed by atoms with Gasteiger partial charge in [0.15, 0.2) is 0 Å². The first-order valence-corrected chi connectivity index (χ1v) is 6.97. The van der Waals surface area contributed by atoms with E-state index >= 15 is 0 Å². The number of fused-ring (bicyclic) bond motifs is 3. The highest BCUT2D eigenvalue weighted by atomic mass is 35.5. The Morgan fingerprint density at radius 3 is 2.78 bits per heavy atom. The number of pyridine rings is 1. The van der Waals surface area contributed by atoms with Crippen molar-refractivity contribution in [2.75, 3.05) is 11.9 Å². The van der Waals surface area contributed by atoms with Gasteiger partial charge in [-0.15, -0.1) is 0 Å². The number of carboxylic acid groups (broad SMARTS) is 1. The molecular formula is C14H7Cl2FN4O2. The van der Waals surface area contributed by atoms with Crippen LogP contribution in [0.3, 0.4) is 0 Å². The largest absolute Gasteiger partial charge is 0.465 e. The number of amides is 1. The van der Waals surface area contributed by atoms with Gasteiger partial charge < -0.3 is 10.1 Å². The van der Waals surface area contributed by atoms with Crippen LogP contribution < -0.4 is 4.90 Å². The molecule has 0 saturated heterocycles. The molecule has 23 heavy (non-hydrogen) atoms. The molecule has 116 valence electrons. The number of carbonyl (C=O) groups is 1. The third-order valence-electron chi connectivity index (χ3n) is 3.48. The van der Waals surface area contributed by atoms with E-state index in [2.05, 4.69) is 9.97 Å². The Morgan fingerprint density at radius 1 is 1.48 bits per heavy atom. The van der Waals surface area contributed by atoms with Crippen molar-refractivity contribution in [2.45, 2.75) is 0 Å². The maximum atomic E-state index is 14.3. The van der Waals surface area contributed by atoms with Crippen LogP contribution in [0.1, 0.15) is 5.56 Å². The number of nitrogens with one attached hydrogen (secondary N) is 1. The van der Waals surface area contributed by atoms with E-state index in [0.717, 1.165) is 11.0 Å². The fourth-order valence-electron chi connectivity index (χ4n) is 2.40. The van der Waals surface area contributed by atoms with Gasteiger partial charge in [0, 0.05) is 30.1 Å². The van der Waals surface area contributed by atoms with Gasteiger partial charge in [0.1, 0.15) is 17.5 Å². The van der Waals surface area contributed by atoms with Gasteiger partial charge in [-0.1, -0.05) is 23.2 Å². The number of halogens is 3. The Morgan fingerprint density at radius 2 is 2.17 bits per heavy atom. The molecule has 0 atom stereocenters. The molecule has 0 unspecified atom stereocenters. The van der Waals surface area contributed by atoms with Crippen LogP contribution in [0, 0.1) is 17.1 Å². The molecule has 0 bridgehead atoms. The number of rotatable bonds is 1. The highest BCUT2D eigenvalue weighted by molar-refractivity contribution is 6.46. The topological polar surface area (TPSA) is 93.0 Å². The molecule has 2 aromatic heterocycles. The number of benzene rings is 1. The number of hydrogen-bond donors (Lipinski definition) is 2. The van der Waals surface area contributed by atoms with Crippen LogP contribution in [0.5, 0.6) is 0 Å². The number of aromatic amines is 1. The maximum Gasteiger partial charge on any atom is 0.411 e. The molecule has 1 aromatic carbocycles. The van der Waals surface area contributed by atoms with Crippen LogP contribution in [0.2, 0.25) is 10.0 Å². The van der Waals surface area contributed by atoms with Crippen molar-refractivity contribution in [3.05, 3.63) is 33.7 Å². The monoisotopic (exact) mass is 352 g/mol. The van der Waals surface area contributed by atoms with Crippen LogP contribution in [0.25, 0.3) is 21.9 Å². The summed E-state index contributed by atoms with van der Waals surface area (Å²) in [4.78, 5) is 19.0. The van der Waals surface area contributed by atoms with E-state index in [4.69, 9.17) is 28.3 Å². The van der Waals surface area contributed by atoms with Gasteiger partial charge in [0.2, 0.25) is 0 Å². The number of nitrogens with zero attached hydrogens (tertiary/aromatic N) is 3. The van der Waals surface area contributed by atoms with Crippen LogP contribution in [0.4, 0.5) is 14.9 Å². The molecule has 6 nitrogen and oxygen atoms in total. The van der Waals surface area contributed by atoms with Gasteiger partial charge in [-0.25, -0.2) is 14.2 Å². The molecule has 3 aromatic rings. The van der Waals surface area contributed by atoms with Crippen LogP contribution in [-0.2, 0) is 0 Å². The quantitative estimate of drug-likeness (QED) is 0.687. The van der Waals surface area contributed by atoms with Crippen molar-refractivity contribution in [3.63, 3.8) is 0 Å². The van der Waals surface area contributed by atoms with Gasteiger partial charge >= 0.3 is 6.09 Å². The second kappa shape index (κ2) is 5.26. The summed E-state index contributed by atoms with van der Waals surface area (Å²) in [7, 11) is 1.26. The molecule has 9 heteroatoms. The van der Waals surface area contributed by atoms with Crippen LogP contribution in [0.15, 0.2) is 12.3 Å². The number of hydrogen-bond acceptors (Lipinski definition) is 3. The van der Waals surface area contributed by atoms with E-state index in [0.29, 0.717) is 0 Å². The summed E-state index contributed by atoms with van der Waals surface area (Å²) < 4.78 is 14.3. The number of anilines is 1. The van der Waals surface area contributed by atoms with Crippen LogP contribution in [-0.4, -0.2) is 28.2 Å². The molecule has 3 rings (SSSR count). The Balaban J connectivity index is 2.59. The molecular weight excluding hydrogens is 346 g/mol. The van der Waals surface area contributed by atoms with Gasteiger partial charge in [-0.2, -0.15) is 5.26 Å². The van der Waals surface area contributed by atoms with Gasteiger partial charge in [-0.05, 0) is 0 Å². The molecule has 0 aliphatic carbocycles. The molecule has 2 N–H and O–H groups in total. The zero-order chi connectivity index (χ0) is 16.9. The SMILES string of the molecule is CN(C(=O)O)c1cc(F)c(C#N)c2c1[nH]c1ncc(Cl)c(Cl)c12. The lowest BCUT2D eigenvalue weighted by atomic mass is 10.1. The highest BCUT2D eigenvalue weighted by Crippen LogP contribution is 2.40. The van der Waals surface area contributed by atoms with Crippen LogP contribution >= 0.6 is 23.2 Å². The van der Waals surface area contributed by atoms with Gasteiger partial charge in [0.25, 0.3) is 0 Å². The van der Waals surface area contributed by atoms with Gasteiger partial charge in [0.05, 0.1) is 26.8 Å². The smallest absolute Gasteiger partial charge is 0.411 e. The Hall–Kier alpha value is -2.56. The van der Waals surface area contributed by atoms with E-state index in [1.807, 2.05) is 0 Å². The molecule has 2 heterocycles. The van der Waals surface area contributed by atoms with Gasteiger partial charge in [-0.3, -0.25) is 4.90 Å². The fraction of sp³-hybridized carbons (Fsp3) is 0.0714. The molecule has 0 radical (unpaired) electrons. The van der Waals surface area contributed by atoms with E-state index in [-0.39, 0.29) is 43.2 Å². The van der Waals surface area contributed by atoms with Crippen molar-refractivity contribution in [1.82, 2.24) is 9.97 Å². The summed E-state index contributed by atoms with van der Waals surface area (Å²) in [5, 5.41) is 19.1. The Kier molecular flexibility index (Phi) is 3.51. The third kappa shape index (κ3) is 2.15. The van der Waals surface area contributed by atoms with Crippen molar-refractivity contribution >= 4 is 56.9 Å². The van der Waals surface area contributed by atoms with E-state index < -0.39 is 11.9 Å². The fourth-order valence-corrected chi connectivity index (χ4v) is 2.77. The Labute approximate surface area is 138 Å². The normalized spacial score (nSPS) is 10.9. The minimum Gasteiger partial charge on any atom is -0.465 e. The van der Waals surface area contributed by atoms with Crippen molar-refractivity contribution < 1.29 is 14.3 Å². The van der Waals surface area contributed by atoms with Crippen molar-refractivity contribution in [1.29, 1.82) is 5.26 Å². The summed E-state index contributed by atoms with van der Waals surface area (Å²) >= 11 is 12.1. The first-order valence-electron chi connectivity index (χ1n) is 6.21. The number of H-pyrrole nitrogens is 1. The summed E-state index contributed by atoms with van der Waals surface area (Å²) in [5.74, 6) is -0.861. The second-order valence-corrected chi connectivity index (χ2v) is 5.51. The van der Waals surface area contributed by atoms with E-state index in [1.165, 1.54) is 13.2 Å². The molecule has 1 amide bonds. The first kappa shape index (κ1) is 15.3. The lowest BCUT2D eigenvalue weighted by Crippen LogP contribution is -2.24. The zero-order valence-corrected chi connectivity index (χ0v) is 13.0. The average Bonchev–Trinajstić information content (AvgIpc) is 2.89. The highest BCUT2D eigenvalue weighted by Gasteiger charge is 2.23.